The Labute approximate surface area is 152 Å². The van der Waals surface area contributed by atoms with Crippen molar-refractivity contribution in [2.24, 2.45) is 0 Å². The van der Waals surface area contributed by atoms with Crippen LogP contribution in [0.15, 0.2) is 0 Å². The summed E-state index contributed by atoms with van der Waals surface area (Å²) in [6, 6.07) is 0. The van der Waals surface area contributed by atoms with Gasteiger partial charge in [-0.25, -0.2) is 0 Å². The van der Waals surface area contributed by atoms with Gasteiger partial charge in [-0.15, -0.1) is 0 Å². The van der Waals surface area contributed by atoms with Gasteiger partial charge >= 0.3 is 0 Å². The molecule has 15 nitrogen and oxygen atoms in total. The molecule has 0 saturated carbocycles. The second-order valence-corrected chi connectivity index (χ2v) is 5.53. The van der Waals surface area contributed by atoms with Crippen LogP contribution in [0.5, 0.6) is 0 Å². The zero-order valence-electron chi connectivity index (χ0n) is 14.0. The number of rotatable bonds is 4. The van der Waals surface area contributed by atoms with Crippen LogP contribution in [-0.2, 0) is 14.2 Å². The van der Waals surface area contributed by atoms with Crippen molar-refractivity contribution in [2.45, 2.75) is 61.4 Å². The molecular formula is C12H30O15. The molecule has 15 heteroatoms. The molecule has 2 saturated heterocycles. The average Bonchev–Trinajstić information content (AvgIpc) is 2.55. The van der Waals surface area contributed by atoms with Crippen molar-refractivity contribution in [3.63, 3.8) is 0 Å². The van der Waals surface area contributed by atoms with Crippen molar-refractivity contribution >= 4 is 0 Å². The highest BCUT2D eigenvalue weighted by Gasteiger charge is 2.50. The van der Waals surface area contributed by atoms with E-state index < -0.39 is 74.6 Å². The van der Waals surface area contributed by atoms with Crippen molar-refractivity contribution in [3.8, 4) is 0 Å². The lowest BCUT2D eigenvalue weighted by molar-refractivity contribution is -0.355. The molecule has 0 spiro atoms. The van der Waals surface area contributed by atoms with E-state index in [2.05, 4.69) is 0 Å². The van der Waals surface area contributed by atoms with Gasteiger partial charge in [0.1, 0.15) is 48.8 Å². The Morgan fingerprint density at radius 2 is 1.11 bits per heavy atom. The van der Waals surface area contributed by atoms with Gasteiger partial charge in [0.2, 0.25) is 0 Å². The van der Waals surface area contributed by atoms with Crippen molar-refractivity contribution in [3.05, 3.63) is 0 Å². The van der Waals surface area contributed by atoms with Gasteiger partial charge in [-0.05, 0) is 0 Å². The summed E-state index contributed by atoms with van der Waals surface area (Å²) in [6.45, 7) is -1.35. The molecule has 2 rings (SSSR count). The third kappa shape index (κ3) is 6.19. The van der Waals surface area contributed by atoms with Crippen LogP contribution >= 0.6 is 0 Å². The van der Waals surface area contributed by atoms with Gasteiger partial charge in [-0.1, -0.05) is 0 Å². The molecule has 0 radical (unpaired) electrons. The Bertz CT molecular complexity index is 382. The van der Waals surface area contributed by atoms with E-state index in [1.54, 1.807) is 0 Å². The minimum absolute atomic E-state index is 0. The van der Waals surface area contributed by atoms with Crippen molar-refractivity contribution in [1.82, 2.24) is 0 Å². The smallest absolute Gasteiger partial charge is 0.187 e. The van der Waals surface area contributed by atoms with E-state index in [1.165, 1.54) is 0 Å². The summed E-state index contributed by atoms with van der Waals surface area (Å²) >= 11 is 0. The number of hydrogen-bond donors (Lipinski definition) is 8. The number of aliphatic hydroxyl groups is 8. The largest absolute Gasteiger partial charge is 0.412 e. The third-order valence-electron chi connectivity index (χ3n) is 3.98. The monoisotopic (exact) mass is 414 g/mol. The van der Waals surface area contributed by atoms with E-state index in [-0.39, 0.29) is 21.9 Å². The molecule has 27 heavy (non-hydrogen) atoms. The molecule has 168 valence electrons. The quantitative estimate of drug-likeness (QED) is 0.213. The van der Waals surface area contributed by atoms with Crippen molar-refractivity contribution in [2.75, 3.05) is 13.2 Å². The van der Waals surface area contributed by atoms with E-state index >= 15 is 0 Å². The summed E-state index contributed by atoms with van der Waals surface area (Å²) in [5.74, 6) is 0. The topological polar surface area (TPSA) is 316 Å². The second-order valence-electron chi connectivity index (χ2n) is 5.53. The molecule has 0 aliphatic carbocycles. The highest BCUT2D eigenvalue weighted by Crippen LogP contribution is 2.28. The molecule has 2 heterocycles. The zero-order chi connectivity index (χ0) is 17.3. The van der Waals surface area contributed by atoms with Crippen LogP contribution in [0.1, 0.15) is 0 Å². The second kappa shape index (κ2) is 12.8. The first-order chi connectivity index (χ1) is 10.8. The predicted octanol–water partition coefficient (Wildman–Crippen LogP) is -8.70. The van der Waals surface area contributed by atoms with Gasteiger partial charge in [0.15, 0.2) is 12.6 Å². The van der Waals surface area contributed by atoms with E-state index in [9.17, 15) is 35.7 Å². The molecule has 2 aliphatic rings. The van der Waals surface area contributed by atoms with Crippen LogP contribution in [0.3, 0.4) is 0 Å². The molecule has 0 aromatic carbocycles. The molecule has 16 N–H and O–H groups in total. The maximum Gasteiger partial charge on any atom is 0.187 e. The van der Waals surface area contributed by atoms with Crippen molar-refractivity contribution in [1.29, 1.82) is 0 Å². The standard InChI is InChI=1S/C12H22O11.4H2O/c13-1-3-5(15)6(16)9(19)12(22-3)23-10-4(2-14)21-11(20)8(18)7(10)17;;;;/h3-20H,1-2H2;4*1H2/t3-,4-,5+,6+,7-,8-,9-,10-,11+,12+;;;;/m1..../s1. The Morgan fingerprint density at radius 1 is 0.593 bits per heavy atom. The first-order valence-electron chi connectivity index (χ1n) is 7.08. The Balaban J connectivity index is -0.00000144. The van der Waals surface area contributed by atoms with E-state index in [1.807, 2.05) is 0 Å². The van der Waals surface area contributed by atoms with Gasteiger partial charge in [-0.2, -0.15) is 0 Å². The van der Waals surface area contributed by atoms with Crippen molar-refractivity contribution < 1.29 is 77.0 Å². The highest BCUT2D eigenvalue weighted by atomic mass is 16.7. The zero-order valence-corrected chi connectivity index (χ0v) is 14.0. The summed E-state index contributed by atoms with van der Waals surface area (Å²) in [5.41, 5.74) is 0. The fourth-order valence-corrected chi connectivity index (χ4v) is 2.57. The first kappa shape index (κ1) is 31.1. The van der Waals surface area contributed by atoms with E-state index in [4.69, 9.17) is 19.3 Å². The van der Waals surface area contributed by atoms with Gasteiger partial charge in [0, 0.05) is 0 Å². The molecule has 0 unspecified atom stereocenters. The Kier molecular flexibility index (Phi) is 14.7. The minimum atomic E-state index is -1.74. The lowest BCUT2D eigenvalue weighted by Crippen LogP contribution is -2.64. The predicted molar refractivity (Wildman–Crippen MR) is 83.1 cm³/mol. The van der Waals surface area contributed by atoms with E-state index in [0.29, 0.717) is 0 Å². The van der Waals surface area contributed by atoms with Gasteiger partial charge in [-0.3, -0.25) is 0 Å². The van der Waals surface area contributed by atoms with Gasteiger partial charge in [0.25, 0.3) is 0 Å². The summed E-state index contributed by atoms with van der Waals surface area (Å²) < 4.78 is 15.3. The molecule has 0 aromatic heterocycles. The van der Waals surface area contributed by atoms with Crippen LogP contribution in [-0.4, -0.2) is 137 Å². The van der Waals surface area contributed by atoms with Crippen LogP contribution in [0, 0.1) is 0 Å². The maximum absolute atomic E-state index is 9.94. The first-order valence-corrected chi connectivity index (χ1v) is 7.08. The van der Waals surface area contributed by atoms with Crippen LogP contribution < -0.4 is 0 Å². The fraction of sp³-hybridized carbons (Fsp3) is 1.00. The molecule has 0 bridgehead atoms. The minimum Gasteiger partial charge on any atom is -0.412 e. The molecule has 10 atom stereocenters. The summed E-state index contributed by atoms with van der Waals surface area (Å²) in [4.78, 5) is 0. The third-order valence-corrected chi connectivity index (χ3v) is 3.98. The SMILES string of the molecule is O.O.O.O.OC[C@H]1O[C@@H](O[C@H]2[C@H](O)[C@@H](O)[C@@H](O)O[C@@H]2CO)[C@H](O)[C@@H](O)[C@H]1O. The Morgan fingerprint density at radius 3 is 1.59 bits per heavy atom. The summed E-state index contributed by atoms with van der Waals surface area (Å²) in [6.07, 6.45) is -15.6. The lowest BCUT2D eigenvalue weighted by Gasteiger charge is -2.45. The highest BCUT2D eigenvalue weighted by molar-refractivity contribution is 4.93. The fourth-order valence-electron chi connectivity index (χ4n) is 2.57. The number of ether oxygens (including phenoxy) is 3. The van der Waals surface area contributed by atoms with E-state index in [0.717, 1.165) is 0 Å². The molecule has 2 aliphatic heterocycles. The van der Waals surface area contributed by atoms with Gasteiger partial charge in [0.05, 0.1) is 13.2 Å². The Hall–Kier alpha value is -0.600. The molecular weight excluding hydrogens is 384 g/mol. The number of hydrogen-bond acceptors (Lipinski definition) is 11. The maximum atomic E-state index is 9.94. The molecule has 0 aromatic rings. The van der Waals surface area contributed by atoms with Crippen LogP contribution in [0.25, 0.3) is 0 Å². The summed E-state index contributed by atoms with van der Waals surface area (Å²) in [5, 5.41) is 76.5. The summed E-state index contributed by atoms with van der Waals surface area (Å²) in [7, 11) is 0. The van der Waals surface area contributed by atoms with Crippen LogP contribution in [0.2, 0.25) is 0 Å². The molecule has 2 fully saturated rings. The van der Waals surface area contributed by atoms with Gasteiger partial charge < -0.3 is 77.0 Å². The average molecular weight is 414 g/mol. The van der Waals surface area contributed by atoms with Crippen LogP contribution in [0.4, 0.5) is 0 Å². The normalized spacial score (nSPS) is 44.0. The molecule has 0 amide bonds. The number of aliphatic hydroxyl groups excluding tert-OH is 8. The lowest BCUT2D eigenvalue weighted by atomic mass is 9.97.